The van der Waals surface area contributed by atoms with E-state index in [0.29, 0.717) is 37.6 Å². The van der Waals surface area contributed by atoms with Gasteiger partial charge in [0.05, 0.1) is 37.3 Å². The summed E-state index contributed by atoms with van der Waals surface area (Å²) in [5.41, 5.74) is -0.00258. The highest BCUT2D eigenvalue weighted by Gasteiger charge is 2.28. The normalized spacial score (nSPS) is 16.0. The lowest BCUT2D eigenvalue weighted by atomic mass is 10.0. The Morgan fingerprint density at radius 1 is 1.10 bits per heavy atom. The molecule has 11 nitrogen and oxygen atoms in total. The van der Waals surface area contributed by atoms with Crippen molar-refractivity contribution in [2.24, 2.45) is 5.92 Å². The van der Waals surface area contributed by atoms with Gasteiger partial charge in [0.1, 0.15) is 22.0 Å². The summed E-state index contributed by atoms with van der Waals surface area (Å²) in [6.45, 7) is -0.514. The molecule has 1 aliphatic carbocycles. The maximum Gasteiger partial charge on any atom is 0.387 e. The highest BCUT2D eigenvalue weighted by molar-refractivity contribution is 7.92. The first-order valence-electron chi connectivity index (χ1n) is 15.3. The summed E-state index contributed by atoms with van der Waals surface area (Å²) in [6, 6.07) is 7.23. The van der Waals surface area contributed by atoms with Crippen LogP contribution < -0.4 is 18.5 Å². The van der Waals surface area contributed by atoms with Crippen molar-refractivity contribution in [1.82, 2.24) is 4.90 Å². The Labute approximate surface area is 291 Å². The van der Waals surface area contributed by atoms with E-state index in [1.807, 2.05) is 4.90 Å². The second-order valence-corrected chi connectivity index (χ2v) is 14.4. The van der Waals surface area contributed by atoms with Crippen molar-refractivity contribution in [1.29, 1.82) is 0 Å². The number of rotatable bonds is 15. The summed E-state index contributed by atoms with van der Waals surface area (Å²) in [5.74, 6) is -1.81. The number of aromatic nitrogens is 1. The van der Waals surface area contributed by atoms with Crippen molar-refractivity contribution < 1.29 is 50.1 Å². The maximum absolute atomic E-state index is 15.2. The smallest absolute Gasteiger partial charge is 0.387 e. The number of esters is 1. The summed E-state index contributed by atoms with van der Waals surface area (Å²) < 4.78 is 90.1. The number of halogens is 5. The Morgan fingerprint density at radius 3 is 2.43 bits per heavy atom. The molecule has 2 fully saturated rings. The van der Waals surface area contributed by atoms with Gasteiger partial charge in [-0.1, -0.05) is 29.3 Å². The molecule has 17 heteroatoms. The molecule has 2 heterocycles. The van der Waals surface area contributed by atoms with Gasteiger partial charge in [-0.25, -0.2) is 17.6 Å². The molecule has 1 aromatic heterocycles. The van der Waals surface area contributed by atoms with Gasteiger partial charge in [-0.3, -0.25) is 9.21 Å². The number of ether oxygens (including phenoxy) is 4. The minimum atomic E-state index is -3.98. The lowest BCUT2D eigenvalue weighted by Crippen LogP contribution is -2.43. The van der Waals surface area contributed by atoms with E-state index in [4.69, 9.17) is 37.4 Å². The van der Waals surface area contributed by atoms with Crippen LogP contribution in [0, 0.1) is 16.9 Å². The molecule has 0 N–H and O–H groups in total. The topological polar surface area (TPSA) is 122 Å². The Morgan fingerprint density at radius 2 is 1.80 bits per heavy atom. The second-order valence-electron chi connectivity index (χ2n) is 11.7. The number of sulfonamides is 1. The van der Waals surface area contributed by atoms with E-state index in [1.54, 1.807) is 0 Å². The second kappa shape index (κ2) is 16.0. The molecule has 0 spiro atoms. The fourth-order valence-electron chi connectivity index (χ4n) is 5.21. The van der Waals surface area contributed by atoms with Crippen LogP contribution in [0.2, 0.25) is 10.0 Å². The van der Waals surface area contributed by atoms with Gasteiger partial charge in [-0.05, 0) is 54.7 Å². The van der Waals surface area contributed by atoms with E-state index in [9.17, 15) is 27.2 Å². The Hall–Kier alpha value is -3.50. The monoisotopic (exact) mass is 747 g/mol. The Bertz CT molecular complexity index is 1740. The fraction of sp³-hybridized carbons (Fsp3) is 0.438. The molecule has 266 valence electrons. The van der Waals surface area contributed by atoms with E-state index in [2.05, 4.69) is 4.74 Å². The van der Waals surface area contributed by atoms with Crippen LogP contribution in [0.25, 0.3) is 0 Å². The molecule has 1 unspecified atom stereocenters. The van der Waals surface area contributed by atoms with Crippen molar-refractivity contribution in [3.05, 3.63) is 86.6 Å². The van der Waals surface area contributed by atoms with Gasteiger partial charge in [0.15, 0.2) is 23.9 Å². The van der Waals surface area contributed by atoms with Crippen molar-refractivity contribution in [2.75, 3.05) is 56.6 Å². The molecule has 1 saturated carbocycles. The van der Waals surface area contributed by atoms with Crippen LogP contribution in [-0.2, 0) is 25.9 Å². The largest absolute Gasteiger partial charge is 0.619 e. The van der Waals surface area contributed by atoms with Crippen LogP contribution in [0.3, 0.4) is 0 Å². The first-order chi connectivity index (χ1) is 23.3. The van der Waals surface area contributed by atoms with Gasteiger partial charge in [0, 0.05) is 38.2 Å². The molecule has 49 heavy (non-hydrogen) atoms. The maximum atomic E-state index is 15.2. The quantitative estimate of drug-likeness (QED) is 0.114. The van der Waals surface area contributed by atoms with Gasteiger partial charge >= 0.3 is 12.6 Å². The van der Waals surface area contributed by atoms with Crippen LogP contribution >= 0.6 is 23.2 Å². The molecule has 0 radical (unpaired) electrons. The van der Waals surface area contributed by atoms with Crippen LogP contribution in [0.5, 0.6) is 11.5 Å². The molecule has 1 saturated heterocycles. The summed E-state index contributed by atoms with van der Waals surface area (Å²) >= 11 is 12.7. The summed E-state index contributed by atoms with van der Waals surface area (Å²) in [4.78, 5) is 15.7. The van der Waals surface area contributed by atoms with Crippen LogP contribution in [0.15, 0.2) is 48.8 Å². The number of alkyl halides is 2. The summed E-state index contributed by atoms with van der Waals surface area (Å²) in [6.07, 6.45) is 3.55. The Kier molecular flexibility index (Phi) is 12.0. The van der Waals surface area contributed by atoms with E-state index in [-0.39, 0.29) is 69.4 Å². The van der Waals surface area contributed by atoms with E-state index in [0.717, 1.165) is 54.0 Å². The third-order valence-electron chi connectivity index (χ3n) is 8.00. The van der Waals surface area contributed by atoms with Crippen molar-refractivity contribution >= 4 is 44.9 Å². The average Bonchev–Trinajstić information content (AvgIpc) is 3.87. The molecular weight excluding hydrogens is 714 g/mol. The summed E-state index contributed by atoms with van der Waals surface area (Å²) in [5, 5.41) is 11.8. The van der Waals surface area contributed by atoms with E-state index < -0.39 is 34.5 Å². The molecule has 2 aromatic carbocycles. The predicted octanol–water partition coefficient (Wildman–Crippen LogP) is 5.40. The van der Waals surface area contributed by atoms with Crippen molar-refractivity contribution in [3.8, 4) is 11.5 Å². The number of carbonyl (C=O) groups excluding carboxylic acids is 1. The molecule has 1 atom stereocenters. The van der Waals surface area contributed by atoms with E-state index >= 15 is 4.39 Å². The third-order valence-corrected chi connectivity index (χ3v) is 9.83. The van der Waals surface area contributed by atoms with Crippen LogP contribution in [0.4, 0.5) is 18.9 Å². The zero-order valence-electron chi connectivity index (χ0n) is 26.3. The molecule has 5 rings (SSSR count). The zero-order chi connectivity index (χ0) is 35.3. The zero-order valence-corrected chi connectivity index (χ0v) is 28.7. The number of pyridine rings is 1. The molecule has 2 aliphatic rings. The molecule has 0 bridgehead atoms. The average molecular weight is 749 g/mol. The van der Waals surface area contributed by atoms with Gasteiger partial charge in [-0.15, -0.1) is 0 Å². The SMILES string of the molecule is CS(=O)(=O)N(CCN1CCOCC1)c1cc(C(=O)OC(Cc2c(Cl)c[n+]([O-])cc2Cl)c2ccc(OC(F)F)c(OCC3CC3)c2)ccc1F. The first kappa shape index (κ1) is 36.8. The number of hydrogen-bond acceptors (Lipinski definition) is 9. The predicted molar refractivity (Wildman–Crippen MR) is 174 cm³/mol. The number of carbonyl (C=O) groups is 1. The number of morpholine rings is 1. The number of anilines is 1. The third kappa shape index (κ3) is 10.0. The van der Waals surface area contributed by atoms with Crippen LogP contribution in [-0.4, -0.2) is 78.2 Å². The molecule has 0 amide bonds. The van der Waals surface area contributed by atoms with Crippen LogP contribution in [0.1, 0.15) is 40.4 Å². The first-order valence-corrected chi connectivity index (χ1v) is 18.0. The fourth-order valence-corrected chi connectivity index (χ4v) is 6.72. The summed E-state index contributed by atoms with van der Waals surface area (Å²) in [7, 11) is -3.98. The van der Waals surface area contributed by atoms with Gasteiger partial charge in [0.25, 0.3) is 0 Å². The molecule has 3 aromatic rings. The van der Waals surface area contributed by atoms with Crippen molar-refractivity contribution in [2.45, 2.75) is 32.0 Å². The lowest BCUT2D eigenvalue weighted by Gasteiger charge is -2.30. The standard InChI is InChI=1S/C32H34Cl2F3N3O8S/c1-49(43,44)40(9-8-38-10-12-45-13-11-38)27-14-22(4-6-26(27)35)31(41)47-29(16-23-24(33)17-39(42)18-25(23)34)21-5-7-28(48-32(36)37)30(15-21)46-19-20-2-3-20/h4-7,14-15,17-18,20,29,32H,2-3,8-13,16,19H2,1H3. The highest BCUT2D eigenvalue weighted by Crippen LogP contribution is 2.38. The number of benzene rings is 2. The number of hydrogen-bond donors (Lipinski definition) is 0. The molecule has 1 aliphatic heterocycles. The van der Waals surface area contributed by atoms with Gasteiger partial charge in [-0.2, -0.15) is 13.5 Å². The minimum Gasteiger partial charge on any atom is -0.619 e. The van der Waals surface area contributed by atoms with Crippen molar-refractivity contribution in [3.63, 3.8) is 0 Å². The highest BCUT2D eigenvalue weighted by atomic mass is 35.5. The lowest BCUT2D eigenvalue weighted by molar-refractivity contribution is -0.605. The molecular formula is C32H34Cl2F3N3O8S. The number of nitrogens with zero attached hydrogens (tertiary/aromatic N) is 3. The van der Waals surface area contributed by atoms with Gasteiger partial charge in [0.2, 0.25) is 10.0 Å². The van der Waals surface area contributed by atoms with E-state index in [1.165, 1.54) is 18.2 Å². The van der Waals surface area contributed by atoms with Gasteiger partial charge < -0.3 is 24.2 Å². The minimum absolute atomic E-state index is 0.0125. The Balaban J connectivity index is 1.47.